The van der Waals surface area contributed by atoms with Crippen LogP contribution in [0.2, 0.25) is 0 Å². The Morgan fingerprint density at radius 3 is 2.96 bits per heavy atom. The second-order valence-corrected chi connectivity index (χ2v) is 7.85. The second kappa shape index (κ2) is 4.84. The molecule has 3 atom stereocenters. The maximum Gasteiger partial charge on any atom is 0.0561 e. The summed E-state index contributed by atoms with van der Waals surface area (Å²) in [6.07, 6.45) is 6.48. The van der Waals surface area contributed by atoms with Crippen LogP contribution in [0.25, 0.3) is 10.9 Å². The molecule has 122 valence electrons. The van der Waals surface area contributed by atoms with Crippen LogP contribution in [0.15, 0.2) is 24.3 Å². The highest BCUT2D eigenvalue weighted by atomic mass is 15.2. The van der Waals surface area contributed by atoms with Crippen LogP contribution < -0.4 is 5.73 Å². The molecule has 3 heteroatoms. The number of aromatic nitrogens is 1. The zero-order valence-corrected chi connectivity index (χ0v) is 14.1. The van der Waals surface area contributed by atoms with Crippen molar-refractivity contribution in [2.75, 3.05) is 19.6 Å². The van der Waals surface area contributed by atoms with Crippen molar-refractivity contribution in [1.29, 1.82) is 0 Å². The van der Waals surface area contributed by atoms with E-state index in [-0.39, 0.29) is 0 Å². The molecule has 2 aromatic rings. The molecule has 0 saturated carbocycles. The van der Waals surface area contributed by atoms with Crippen LogP contribution in [0, 0.1) is 5.41 Å². The van der Waals surface area contributed by atoms with E-state index in [1.807, 2.05) is 0 Å². The van der Waals surface area contributed by atoms with E-state index in [1.54, 1.807) is 11.3 Å². The summed E-state index contributed by atoms with van der Waals surface area (Å²) in [5.74, 6) is 0. The summed E-state index contributed by atoms with van der Waals surface area (Å²) >= 11 is 0. The fourth-order valence-electron chi connectivity index (χ4n) is 6.03. The maximum absolute atomic E-state index is 6.27. The van der Waals surface area contributed by atoms with Crippen LogP contribution in [-0.4, -0.2) is 29.1 Å². The number of nitrogens with two attached hydrogens (primary N) is 1. The van der Waals surface area contributed by atoms with Gasteiger partial charge in [0.1, 0.15) is 0 Å². The van der Waals surface area contributed by atoms with Gasteiger partial charge in [0, 0.05) is 35.7 Å². The predicted molar refractivity (Wildman–Crippen MR) is 94.6 cm³/mol. The second-order valence-electron chi connectivity index (χ2n) is 7.85. The Bertz CT molecular complexity index is 762. The maximum atomic E-state index is 6.27. The third-order valence-electron chi connectivity index (χ3n) is 7.01. The van der Waals surface area contributed by atoms with Crippen LogP contribution in [0.3, 0.4) is 0 Å². The van der Waals surface area contributed by atoms with Gasteiger partial charge in [-0.15, -0.1) is 0 Å². The summed E-state index contributed by atoms with van der Waals surface area (Å²) in [5.41, 5.74) is 11.4. The van der Waals surface area contributed by atoms with Gasteiger partial charge in [0.2, 0.25) is 0 Å². The quantitative estimate of drug-likeness (QED) is 0.919. The van der Waals surface area contributed by atoms with Crippen LogP contribution in [0.5, 0.6) is 0 Å². The summed E-state index contributed by atoms with van der Waals surface area (Å²) < 4.78 is 2.64. The molecule has 0 spiro atoms. The number of para-hydroxylation sites is 1. The third kappa shape index (κ3) is 1.67. The number of nitrogens with zero attached hydrogens (tertiary/aromatic N) is 2. The minimum atomic E-state index is 0.446. The number of hydrogen-bond donors (Lipinski definition) is 1. The summed E-state index contributed by atoms with van der Waals surface area (Å²) in [7, 11) is 0. The first-order chi connectivity index (χ1) is 11.3. The Morgan fingerprint density at radius 1 is 1.26 bits per heavy atom. The molecule has 3 aliphatic heterocycles. The molecule has 0 radical (unpaired) electrons. The molecule has 2 N–H and O–H groups in total. The zero-order valence-electron chi connectivity index (χ0n) is 14.1. The summed E-state index contributed by atoms with van der Waals surface area (Å²) in [6.45, 7) is 5.69. The molecule has 1 fully saturated rings. The molecule has 0 aliphatic carbocycles. The number of rotatable bonds is 2. The minimum absolute atomic E-state index is 0.446. The Kier molecular flexibility index (Phi) is 2.96. The van der Waals surface area contributed by atoms with E-state index in [0.29, 0.717) is 17.5 Å². The highest BCUT2D eigenvalue weighted by Gasteiger charge is 2.52. The van der Waals surface area contributed by atoms with Gasteiger partial charge >= 0.3 is 0 Å². The molecular formula is C20H27N3. The summed E-state index contributed by atoms with van der Waals surface area (Å²) in [6, 6.07) is 10.1. The van der Waals surface area contributed by atoms with Gasteiger partial charge in [-0.3, -0.25) is 4.90 Å². The first-order valence-corrected chi connectivity index (χ1v) is 9.35. The normalized spacial score (nSPS) is 33.0. The molecule has 0 amide bonds. The molecule has 5 rings (SSSR count). The molecule has 1 saturated heterocycles. The van der Waals surface area contributed by atoms with E-state index >= 15 is 0 Å². The Hall–Kier alpha value is -1.32. The molecular weight excluding hydrogens is 282 g/mol. The van der Waals surface area contributed by atoms with Crippen molar-refractivity contribution in [2.24, 2.45) is 11.1 Å². The van der Waals surface area contributed by atoms with Gasteiger partial charge < -0.3 is 10.3 Å². The Morgan fingerprint density at radius 2 is 2.13 bits per heavy atom. The van der Waals surface area contributed by atoms with Crippen LogP contribution >= 0.6 is 0 Å². The van der Waals surface area contributed by atoms with Crippen molar-refractivity contribution in [3.8, 4) is 0 Å². The molecule has 1 aromatic carbocycles. The van der Waals surface area contributed by atoms with Crippen molar-refractivity contribution in [1.82, 2.24) is 9.47 Å². The summed E-state index contributed by atoms with van der Waals surface area (Å²) in [4.78, 5) is 2.79. The van der Waals surface area contributed by atoms with E-state index in [0.717, 1.165) is 6.54 Å². The lowest BCUT2D eigenvalue weighted by Gasteiger charge is -2.56. The molecule has 23 heavy (non-hydrogen) atoms. The van der Waals surface area contributed by atoms with Gasteiger partial charge in [-0.25, -0.2) is 0 Å². The van der Waals surface area contributed by atoms with Gasteiger partial charge in [0.15, 0.2) is 0 Å². The Labute approximate surface area is 138 Å². The first kappa shape index (κ1) is 14.1. The van der Waals surface area contributed by atoms with E-state index in [2.05, 4.69) is 40.7 Å². The summed E-state index contributed by atoms with van der Waals surface area (Å²) in [5, 5.41) is 1.48. The lowest BCUT2D eigenvalue weighted by atomic mass is 9.63. The van der Waals surface area contributed by atoms with Gasteiger partial charge in [-0.2, -0.15) is 0 Å². The van der Waals surface area contributed by atoms with Crippen LogP contribution in [0.1, 0.15) is 55.9 Å². The van der Waals surface area contributed by atoms with E-state index in [9.17, 15) is 0 Å². The van der Waals surface area contributed by atoms with E-state index < -0.39 is 0 Å². The van der Waals surface area contributed by atoms with Gasteiger partial charge in [0.25, 0.3) is 0 Å². The van der Waals surface area contributed by atoms with Crippen LogP contribution in [0.4, 0.5) is 0 Å². The van der Waals surface area contributed by atoms with Crippen molar-refractivity contribution in [2.45, 2.75) is 51.1 Å². The molecule has 1 unspecified atom stereocenters. The smallest absolute Gasteiger partial charge is 0.0561 e. The molecule has 1 aromatic heterocycles. The Balaban J connectivity index is 1.85. The minimum Gasteiger partial charge on any atom is -0.338 e. The van der Waals surface area contributed by atoms with Gasteiger partial charge in [-0.1, -0.05) is 25.1 Å². The number of piperidine rings is 1. The van der Waals surface area contributed by atoms with Gasteiger partial charge in [0.05, 0.1) is 6.04 Å². The molecule has 3 nitrogen and oxygen atoms in total. The first-order valence-electron chi connectivity index (χ1n) is 9.35. The number of benzene rings is 1. The van der Waals surface area contributed by atoms with E-state index in [1.165, 1.54) is 56.1 Å². The average molecular weight is 309 g/mol. The topological polar surface area (TPSA) is 34.2 Å². The monoisotopic (exact) mass is 309 g/mol. The average Bonchev–Trinajstić information content (AvgIpc) is 2.95. The van der Waals surface area contributed by atoms with Crippen molar-refractivity contribution in [3.05, 3.63) is 35.5 Å². The zero-order chi connectivity index (χ0) is 15.6. The molecule has 3 aliphatic rings. The van der Waals surface area contributed by atoms with E-state index in [4.69, 9.17) is 5.73 Å². The predicted octanol–water partition coefficient (Wildman–Crippen LogP) is 3.63. The highest BCUT2D eigenvalue weighted by molar-refractivity contribution is 5.86. The lowest BCUT2D eigenvalue weighted by Crippen LogP contribution is -2.53. The van der Waals surface area contributed by atoms with Crippen molar-refractivity contribution < 1.29 is 0 Å². The largest absolute Gasteiger partial charge is 0.338 e. The van der Waals surface area contributed by atoms with Gasteiger partial charge in [-0.05, 0) is 55.7 Å². The lowest BCUT2D eigenvalue weighted by molar-refractivity contribution is -0.0346. The van der Waals surface area contributed by atoms with Crippen molar-refractivity contribution >= 4 is 10.9 Å². The number of hydrogen-bond acceptors (Lipinski definition) is 2. The highest BCUT2D eigenvalue weighted by Crippen LogP contribution is 2.59. The standard InChI is InChI=1S/C20H27N3/c1-2-20-9-5-10-22-11-8-16-15-6-3-4-7-17(15)23(14(12-20)13-21)18(16)19(20)22/h3-4,6-7,14,19H,2,5,8-13,21H2,1H3/t14?,19-,20+/m1/s1. The number of fused-ring (bicyclic) bond motifs is 3. The van der Waals surface area contributed by atoms with Crippen molar-refractivity contribution in [3.63, 3.8) is 0 Å². The van der Waals surface area contributed by atoms with Crippen LogP contribution in [-0.2, 0) is 6.42 Å². The molecule has 4 heterocycles. The molecule has 0 bridgehead atoms. The third-order valence-corrected chi connectivity index (χ3v) is 7.01. The fraction of sp³-hybridized carbons (Fsp3) is 0.600. The fourth-order valence-corrected chi connectivity index (χ4v) is 6.03. The SMILES string of the molecule is CC[C@]12CCCN3CCc4c(n(c5ccccc45)C(CN)C1)[C@@H]32.